The van der Waals surface area contributed by atoms with Gasteiger partial charge in [0.05, 0.1) is 11.2 Å². The van der Waals surface area contributed by atoms with Gasteiger partial charge in [-0.15, -0.1) is 5.11 Å². The third-order valence-electron chi connectivity index (χ3n) is 3.67. The summed E-state index contributed by atoms with van der Waals surface area (Å²) in [4.78, 5) is 2.69. The van der Waals surface area contributed by atoms with Crippen molar-refractivity contribution in [1.82, 2.24) is 4.98 Å². The van der Waals surface area contributed by atoms with Gasteiger partial charge in [0.25, 0.3) is 0 Å². The van der Waals surface area contributed by atoms with Gasteiger partial charge >= 0.3 is 0 Å². The van der Waals surface area contributed by atoms with E-state index in [2.05, 4.69) is 29.1 Å². The molecule has 2 aromatic carbocycles. The highest BCUT2D eigenvalue weighted by atomic mass is 16.3. The summed E-state index contributed by atoms with van der Waals surface area (Å²) >= 11 is 0. The monoisotopic (exact) mass is 311 g/mol. The summed E-state index contributed by atoms with van der Waals surface area (Å²) in [7, 11) is 0. The van der Waals surface area contributed by atoms with Crippen LogP contribution in [0.15, 0.2) is 46.6 Å². The summed E-state index contributed by atoms with van der Waals surface area (Å²) in [6.45, 7) is 4.23. The topological polar surface area (TPSA) is 101 Å². The van der Waals surface area contributed by atoms with E-state index in [0.717, 1.165) is 0 Å². The Labute approximate surface area is 132 Å². The van der Waals surface area contributed by atoms with Crippen molar-refractivity contribution in [3.63, 3.8) is 0 Å². The maximum absolute atomic E-state index is 9.94. The molecule has 0 atom stereocenters. The number of benzene rings is 2. The molecule has 23 heavy (non-hydrogen) atoms. The van der Waals surface area contributed by atoms with E-state index in [4.69, 9.17) is 0 Å². The zero-order valence-electron chi connectivity index (χ0n) is 12.8. The summed E-state index contributed by atoms with van der Waals surface area (Å²) in [5.74, 6) is -0.289. The van der Waals surface area contributed by atoms with Crippen LogP contribution in [0.3, 0.4) is 0 Å². The molecule has 0 aliphatic rings. The number of hydrogen-bond donors (Lipinski definition) is 4. The van der Waals surface area contributed by atoms with Gasteiger partial charge in [-0.25, -0.2) is 0 Å². The van der Waals surface area contributed by atoms with Crippen molar-refractivity contribution in [3.05, 3.63) is 42.0 Å². The van der Waals surface area contributed by atoms with Gasteiger partial charge in [-0.2, -0.15) is 5.11 Å². The minimum Gasteiger partial charge on any atom is -0.504 e. The van der Waals surface area contributed by atoms with Gasteiger partial charge in [-0.05, 0) is 29.7 Å². The molecule has 0 saturated carbocycles. The second-order valence-corrected chi connectivity index (χ2v) is 5.65. The lowest BCUT2D eigenvalue weighted by atomic mass is 10.0. The predicted octanol–water partition coefficient (Wildman–Crippen LogP) is 4.82. The van der Waals surface area contributed by atoms with Gasteiger partial charge in [-0.3, -0.25) is 0 Å². The van der Waals surface area contributed by atoms with Gasteiger partial charge < -0.3 is 20.3 Å². The van der Waals surface area contributed by atoms with E-state index in [1.54, 1.807) is 0 Å². The Morgan fingerprint density at radius 3 is 2.22 bits per heavy atom. The molecule has 0 spiro atoms. The zero-order valence-corrected chi connectivity index (χ0v) is 12.8. The Hall–Kier alpha value is -3.02. The van der Waals surface area contributed by atoms with E-state index in [9.17, 15) is 15.3 Å². The number of azo groups is 1. The average Bonchev–Trinajstić information content (AvgIpc) is 2.81. The third-order valence-corrected chi connectivity index (χ3v) is 3.67. The smallest absolute Gasteiger partial charge is 0.218 e. The van der Waals surface area contributed by atoms with Crippen LogP contribution >= 0.6 is 0 Å². The molecule has 3 aromatic rings. The number of rotatable bonds is 3. The highest BCUT2D eigenvalue weighted by Gasteiger charge is 2.13. The molecule has 0 saturated heterocycles. The maximum Gasteiger partial charge on any atom is 0.218 e. The summed E-state index contributed by atoms with van der Waals surface area (Å²) in [6.07, 6.45) is 0. The Morgan fingerprint density at radius 1 is 0.913 bits per heavy atom. The van der Waals surface area contributed by atoms with E-state index >= 15 is 0 Å². The van der Waals surface area contributed by atoms with E-state index in [-0.39, 0.29) is 23.1 Å². The zero-order chi connectivity index (χ0) is 16.6. The molecule has 0 aliphatic carbocycles. The molecule has 118 valence electrons. The van der Waals surface area contributed by atoms with Crippen LogP contribution in [0.1, 0.15) is 25.3 Å². The summed E-state index contributed by atoms with van der Waals surface area (Å²) in [6, 6.07) is 10.3. The summed E-state index contributed by atoms with van der Waals surface area (Å²) in [5, 5.41) is 37.7. The SMILES string of the molecule is CC(C)c1ccc(N=Nc2c(O)[nH]c3cc(O)c(O)cc23)cc1. The minimum absolute atomic E-state index is 0.174. The number of fused-ring (bicyclic) bond motifs is 1. The Kier molecular flexibility index (Phi) is 3.65. The fraction of sp³-hybridized carbons (Fsp3) is 0.176. The highest BCUT2D eigenvalue weighted by Crippen LogP contribution is 2.40. The van der Waals surface area contributed by atoms with Crippen LogP contribution in [0.25, 0.3) is 10.9 Å². The molecule has 0 aliphatic heterocycles. The molecule has 3 rings (SSSR count). The van der Waals surface area contributed by atoms with Crippen LogP contribution in [-0.2, 0) is 0 Å². The maximum atomic E-state index is 9.94. The van der Waals surface area contributed by atoms with Crippen molar-refractivity contribution in [2.24, 2.45) is 10.2 Å². The second kappa shape index (κ2) is 5.64. The number of H-pyrrole nitrogens is 1. The van der Waals surface area contributed by atoms with Crippen LogP contribution < -0.4 is 0 Å². The molecule has 1 aromatic heterocycles. The number of nitrogens with one attached hydrogen (secondary N) is 1. The van der Waals surface area contributed by atoms with Crippen molar-refractivity contribution in [3.8, 4) is 17.4 Å². The van der Waals surface area contributed by atoms with Crippen molar-refractivity contribution in [1.29, 1.82) is 0 Å². The minimum atomic E-state index is -0.283. The van der Waals surface area contributed by atoms with Crippen LogP contribution in [-0.4, -0.2) is 20.3 Å². The lowest BCUT2D eigenvalue weighted by Gasteiger charge is -2.03. The number of aromatic nitrogens is 1. The highest BCUT2D eigenvalue weighted by molar-refractivity contribution is 5.96. The van der Waals surface area contributed by atoms with E-state index in [1.165, 1.54) is 17.7 Å². The number of hydrogen-bond acceptors (Lipinski definition) is 5. The lowest BCUT2D eigenvalue weighted by molar-refractivity contribution is 0.405. The standard InChI is InChI=1S/C17H17N3O3/c1-9(2)10-3-5-11(6-4-10)19-20-16-12-7-14(21)15(22)8-13(12)18-17(16)23/h3-9,18,21-23H,1-2H3. The van der Waals surface area contributed by atoms with E-state index < -0.39 is 0 Å². The molecule has 0 fully saturated rings. The Balaban J connectivity index is 1.97. The number of phenolic OH excluding ortho intramolecular Hbond substituents is 2. The second-order valence-electron chi connectivity index (χ2n) is 5.65. The lowest BCUT2D eigenvalue weighted by Crippen LogP contribution is -1.84. The Morgan fingerprint density at radius 2 is 1.57 bits per heavy atom. The number of nitrogens with zero attached hydrogens (tertiary/aromatic N) is 2. The Bertz CT molecular complexity index is 880. The van der Waals surface area contributed by atoms with Crippen LogP contribution in [0, 0.1) is 0 Å². The number of aromatic hydroxyl groups is 3. The fourth-order valence-electron chi connectivity index (χ4n) is 2.33. The number of aromatic amines is 1. The first-order valence-electron chi connectivity index (χ1n) is 7.24. The van der Waals surface area contributed by atoms with Gasteiger partial charge in [0.15, 0.2) is 17.2 Å². The van der Waals surface area contributed by atoms with Crippen LogP contribution in [0.4, 0.5) is 11.4 Å². The molecule has 6 nitrogen and oxygen atoms in total. The molecular formula is C17H17N3O3. The van der Waals surface area contributed by atoms with Crippen molar-refractivity contribution >= 4 is 22.3 Å². The fourth-order valence-corrected chi connectivity index (χ4v) is 2.33. The molecule has 4 N–H and O–H groups in total. The molecule has 6 heteroatoms. The molecule has 0 unspecified atom stereocenters. The van der Waals surface area contributed by atoms with Gasteiger partial charge in [0.1, 0.15) is 0 Å². The molecular weight excluding hydrogens is 294 g/mol. The van der Waals surface area contributed by atoms with Crippen LogP contribution in [0.5, 0.6) is 17.4 Å². The van der Waals surface area contributed by atoms with Crippen molar-refractivity contribution in [2.45, 2.75) is 19.8 Å². The molecule has 1 heterocycles. The third kappa shape index (κ3) is 2.83. The molecule has 0 bridgehead atoms. The first-order chi connectivity index (χ1) is 11.0. The van der Waals surface area contributed by atoms with E-state index in [1.807, 2.05) is 24.3 Å². The van der Waals surface area contributed by atoms with Crippen LogP contribution in [0.2, 0.25) is 0 Å². The van der Waals surface area contributed by atoms with Gasteiger partial charge in [0.2, 0.25) is 5.88 Å². The van der Waals surface area contributed by atoms with E-state index in [0.29, 0.717) is 22.5 Å². The first-order valence-corrected chi connectivity index (χ1v) is 7.24. The molecule has 0 amide bonds. The van der Waals surface area contributed by atoms with Gasteiger partial charge in [-0.1, -0.05) is 26.0 Å². The number of phenols is 2. The first kappa shape index (κ1) is 14.9. The predicted molar refractivity (Wildman–Crippen MR) is 88.0 cm³/mol. The van der Waals surface area contributed by atoms with Crippen molar-refractivity contribution < 1.29 is 15.3 Å². The average molecular weight is 311 g/mol. The summed E-state index contributed by atoms with van der Waals surface area (Å²) < 4.78 is 0. The molecule has 0 radical (unpaired) electrons. The summed E-state index contributed by atoms with van der Waals surface area (Å²) in [5.41, 5.74) is 2.54. The van der Waals surface area contributed by atoms with Crippen molar-refractivity contribution in [2.75, 3.05) is 0 Å². The quantitative estimate of drug-likeness (QED) is 0.412. The van der Waals surface area contributed by atoms with Gasteiger partial charge in [0, 0.05) is 11.5 Å². The normalized spacial score (nSPS) is 11.8. The largest absolute Gasteiger partial charge is 0.504 e.